The summed E-state index contributed by atoms with van der Waals surface area (Å²) in [6, 6.07) is 37.6. The highest BCUT2D eigenvalue weighted by atomic mass is 16.6. The van der Waals surface area contributed by atoms with E-state index < -0.39 is 47.3 Å². The number of nitrogens with one attached hydrogen (secondary N) is 3. The Labute approximate surface area is 421 Å². The van der Waals surface area contributed by atoms with Crippen molar-refractivity contribution in [1.82, 2.24) is 20.1 Å². The fraction of sp³-hybridized carbons (Fsp3) is 0.356. The summed E-state index contributed by atoms with van der Waals surface area (Å²) < 4.78 is 11.1. The number of nitrogens with zero attached hydrogens (tertiary/aromatic N) is 2. The summed E-state index contributed by atoms with van der Waals surface area (Å²) >= 11 is 0. The van der Waals surface area contributed by atoms with Crippen molar-refractivity contribution in [3.8, 4) is 22.4 Å². The van der Waals surface area contributed by atoms with E-state index in [1.807, 2.05) is 97.9 Å². The van der Waals surface area contributed by atoms with Crippen LogP contribution in [-0.4, -0.2) is 86.7 Å². The molecule has 0 saturated carbocycles. The van der Waals surface area contributed by atoms with E-state index in [0.29, 0.717) is 55.6 Å². The summed E-state index contributed by atoms with van der Waals surface area (Å²) in [5.74, 6) is -2.31. The Balaban J connectivity index is 1.01. The molecule has 3 N–H and O–H groups in total. The fourth-order valence-corrected chi connectivity index (χ4v) is 9.91. The SMILES string of the molecule is Cc1cccc(-c2c(-c3ccc(NC(=O)[C@@H]4CCCN4C(=O)[C@H](CC(=O)OC(C)(C)C)c4ccccc4)cc3)[nH]c3ccc(CC(=O)[C@@H]4CCCN4C(=O)[C@H](NC(=O)OC(C)(C)C)c4ccccc4)cc23)c1. The number of aromatic amines is 1. The Morgan fingerprint density at radius 3 is 1.93 bits per heavy atom. The van der Waals surface area contributed by atoms with Gasteiger partial charge in [0.2, 0.25) is 11.8 Å². The Morgan fingerprint density at radius 2 is 1.29 bits per heavy atom. The van der Waals surface area contributed by atoms with Gasteiger partial charge in [-0.25, -0.2) is 4.79 Å². The number of benzene rings is 5. The standard InChI is InChI=1S/C59H65N5O8/c1-37-17-14-22-42(33-37)51-45-34-38(35-49(65)47-23-15-31-63(47)56(69)53(40-20-12-9-13-21-40)62-57(70)72-59(5,6)7)25-30-46(45)61-52(51)41-26-28-43(29-27-41)60-54(67)48-24-16-32-64(48)55(68)44(39-18-10-8-11-19-39)36-50(66)71-58(2,3)4/h8-14,17-22,25-30,33-34,44,47-48,53,61H,15-16,23-24,31-32,35-36H2,1-7H3,(H,60,67)(H,62,70)/t44-,47+,48+,53-/m1/s1. The first kappa shape index (κ1) is 50.8. The molecule has 8 rings (SSSR count). The average Bonchev–Trinajstić information content (AvgIpc) is 4.12. The third-order valence-electron chi connectivity index (χ3n) is 13.1. The number of Topliss-reactive ketones (excluding diaryl/α,β-unsaturated/α-hetero) is 1. The number of amides is 4. The van der Waals surface area contributed by atoms with E-state index in [-0.39, 0.29) is 36.3 Å². The molecule has 72 heavy (non-hydrogen) atoms. The Morgan fingerprint density at radius 1 is 0.667 bits per heavy atom. The van der Waals surface area contributed by atoms with Gasteiger partial charge in [0.05, 0.1) is 24.1 Å². The maximum Gasteiger partial charge on any atom is 0.408 e. The molecule has 13 heteroatoms. The van der Waals surface area contributed by atoms with Crippen molar-refractivity contribution in [2.45, 2.75) is 122 Å². The molecule has 2 aliphatic rings. The van der Waals surface area contributed by atoms with E-state index in [9.17, 15) is 28.8 Å². The number of rotatable bonds is 14. The molecule has 2 fully saturated rings. The largest absolute Gasteiger partial charge is 0.460 e. The van der Waals surface area contributed by atoms with Crippen LogP contribution in [0, 0.1) is 6.92 Å². The lowest BCUT2D eigenvalue weighted by molar-refractivity contribution is -0.157. The monoisotopic (exact) mass is 971 g/mol. The highest BCUT2D eigenvalue weighted by molar-refractivity contribution is 6.05. The van der Waals surface area contributed by atoms with Crippen LogP contribution < -0.4 is 10.6 Å². The molecule has 5 aromatic carbocycles. The third-order valence-corrected chi connectivity index (χ3v) is 13.1. The Bertz CT molecular complexity index is 2950. The van der Waals surface area contributed by atoms with Gasteiger partial charge in [-0.2, -0.15) is 0 Å². The number of fused-ring (bicyclic) bond motifs is 1. The minimum absolute atomic E-state index is 0.0864. The number of esters is 1. The van der Waals surface area contributed by atoms with Crippen molar-refractivity contribution < 1.29 is 38.2 Å². The number of H-pyrrole nitrogens is 1. The van der Waals surface area contributed by atoms with Crippen LogP contribution in [0.25, 0.3) is 33.3 Å². The first-order valence-electron chi connectivity index (χ1n) is 24.9. The van der Waals surface area contributed by atoms with Crippen molar-refractivity contribution >= 4 is 52.2 Å². The molecule has 0 unspecified atom stereocenters. The van der Waals surface area contributed by atoms with Crippen molar-refractivity contribution in [3.63, 3.8) is 0 Å². The number of anilines is 1. The van der Waals surface area contributed by atoms with Crippen molar-refractivity contribution in [2.75, 3.05) is 18.4 Å². The summed E-state index contributed by atoms with van der Waals surface area (Å²) in [6.07, 6.45) is 1.56. The molecule has 6 aromatic rings. The van der Waals surface area contributed by atoms with Crippen LogP contribution >= 0.6 is 0 Å². The quantitative estimate of drug-likeness (QED) is 0.0907. The van der Waals surface area contributed by atoms with Gasteiger partial charge in [0.25, 0.3) is 5.91 Å². The maximum atomic E-state index is 14.3. The third kappa shape index (κ3) is 12.1. The second-order valence-corrected chi connectivity index (χ2v) is 21.0. The van der Waals surface area contributed by atoms with Gasteiger partial charge < -0.3 is 34.9 Å². The lowest BCUT2D eigenvalue weighted by Gasteiger charge is -2.29. The first-order valence-corrected chi connectivity index (χ1v) is 24.9. The molecular formula is C59H65N5O8. The molecule has 4 atom stereocenters. The number of carbonyl (C=O) groups excluding carboxylic acids is 6. The number of aryl methyl sites for hydroxylation is 1. The van der Waals surface area contributed by atoms with Gasteiger partial charge in [0.1, 0.15) is 23.3 Å². The second-order valence-electron chi connectivity index (χ2n) is 21.0. The van der Waals surface area contributed by atoms with Crippen molar-refractivity contribution in [2.24, 2.45) is 0 Å². The summed E-state index contributed by atoms with van der Waals surface area (Å²) in [6.45, 7) is 13.5. The predicted octanol–water partition coefficient (Wildman–Crippen LogP) is 10.6. The Kier molecular flexibility index (Phi) is 15.1. The smallest absolute Gasteiger partial charge is 0.408 e. The van der Waals surface area contributed by atoms with Crippen LogP contribution in [0.2, 0.25) is 0 Å². The summed E-state index contributed by atoms with van der Waals surface area (Å²) in [5, 5.41) is 6.75. The zero-order chi connectivity index (χ0) is 51.3. The van der Waals surface area contributed by atoms with Gasteiger partial charge in [-0.1, -0.05) is 109 Å². The van der Waals surface area contributed by atoms with Crippen LogP contribution in [0.3, 0.4) is 0 Å². The normalized spacial score (nSPS) is 16.8. The number of ketones is 1. The number of likely N-dealkylation sites (tertiary alicyclic amines) is 2. The lowest BCUT2D eigenvalue weighted by Crippen LogP contribution is -2.48. The number of hydrogen-bond donors (Lipinski definition) is 3. The minimum Gasteiger partial charge on any atom is -0.460 e. The molecule has 2 saturated heterocycles. The number of aromatic nitrogens is 1. The maximum absolute atomic E-state index is 14.3. The van der Waals surface area contributed by atoms with Crippen LogP contribution in [0.1, 0.15) is 108 Å². The molecule has 0 spiro atoms. The van der Waals surface area contributed by atoms with E-state index in [0.717, 1.165) is 44.4 Å². The Hall–Kier alpha value is -7.54. The van der Waals surface area contributed by atoms with Crippen LogP contribution in [0.4, 0.5) is 10.5 Å². The molecule has 0 bridgehead atoms. The van der Waals surface area contributed by atoms with Gasteiger partial charge in [-0.3, -0.25) is 24.0 Å². The summed E-state index contributed by atoms with van der Waals surface area (Å²) in [7, 11) is 0. The van der Waals surface area contributed by atoms with Gasteiger partial charge in [-0.05, 0) is 126 Å². The van der Waals surface area contributed by atoms with Crippen LogP contribution in [-0.2, 0) is 39.9 Å². The van der Waals surface area contributed by atoms with Crippen molar-refractivity contribution in [1.29, 1.82) is 0 Å². The van der Waals surface area contributed by atoms with E-state index in [1.165, 1.54) is 0 Å². The number of ether oxygens (including phenoxy) is 2. The highest BCUT2D eigenvalue weighted by Crippen LogP contribution is 2.40. The first-order chi connectivity index (χ1) is 34.3. The molecule has 4 amide bonds. The minimum atomic E-state index is -1.03. The summed E-state index contributed by atoms with van der Waals surface area (Å²) in [5.41, 5.74) is 6.81. The van der Waals surface area contributed by atoms with E-state index in [1.54, 1.807) is 75.6 Å². The molecule has 0 radical (unpaired) electrons. The molecule has 2 aliphatic heterocycles. The van der Waals surface area contributed by atoms with E-state index in [4.69, 9.17) is 9.47 Å². The van der Waals surface area contributed by atoms with Gasteiger partial charge in [-0.15, -0.1) is 0 Å². The fourth-order valence-electron chi connectivity index (χ4n) is 9.91. The van der Waals surface area contributed by atoms with Crippen LogP contribution in [0.15, 0.2) is 127 Å². The molecule has 0 aliphatic carbocycles. The zero-order valence-electron chi connectivity index (χ0n) is 42.3. The van der Waals surface area contributed by atoms with Gasteiger partial charge in [0.15, 0.2) is 5.78 Å². The van der Waals surface area contributed by atoms with Gasteiger partial charge >= 0.3 is 12.1 Å². The van der Waals surface area contributed by atoms with Crippen molar-refractivity contribution in [3.05, 3.63) is 150 Å². The van der Waals surface area contributed by atoms with Gasteiger partial charge in [0, 0.05) is 41.7 Å². The molecule has 13 nitrogen and oxygen atoms in total. The summed E-state index contributed by atoms with van der Waals surface area (Å²) in [4.78, 5) is 89.7. The molecule has 1 aromatic heterocycles. The highest BCUT2D eigenvalue weighted by Gasteiger charge is 2.40. The predicted molar refractivity (Wildman–Crippen MR) is 279 cm³/mol. The molecule has 3 heterocycles. The lowest BCUT2D eigenvalue weighted by atomic mass is 9.93. The van der Waals surface area contributed by atoms with E-state index >= 15 is 0 Å². The molecular weight excluding hydrogens is 907 g/mol. The average molecular weight is 972 g/mol. The number of alkyl carbamates (subject to hydrolysis) is 1. The molecule has 374 valence electrons. The number of hydrogen-bond acceptors (Lipinski definition) is 8. The topological polar surface area (TPSA) is 167 Å². The second kappa shape index (κ2) is 21.4. The van der Waals surface area contributed by atoms with Crippen LogP contribution in [0.5, 0.6) is 0 Å². The number of carbonyl (C=O) groups is 6. The van der Waals surface area contributed by atoms with E-state index in [2.05, 4.69) is 27.8 Å². The zero-order valence-corrected chi connectivity index (χ0v) is 42.3.